The molecule has 1 aromatic rings. The molecule has 0 radical (unpaired) electrons. The van der Waals surface area contributed by atoms with Crippen LogP contribution in [0.2, 0.25) is 5.28 Å². The minimum absolute atomic E-state index is 0.227. The van der Waals surface area contributed by atoms with E-state index < -0.39 is 0 Å². The molecule has 1 saturated carbocycles. The van der Waals surface area contributed by atoms with E-state index in [1.165, 1.54) is 19.3 Å². The first-order valence-corrected chi connectivity index (χ1v) is 6.88. The maximum Gasteiger partial charge on any atom is 0.228 e. The number of hydrogen-bond acceptors (Lipinski definition) is 5. The Hall–Kier alpha value is -1.10. The van der Waals surface area contributed by atoms with Crippen LogP contribution in [-0.4, -0.2) is 28.0 Å². The lowest BCUT2D eigenvalue weighted by Gasteiger charge is -2.38. The van der Waals surface area contributed by atoms with Crippen LogP contribution in [-0.2, 0) is 0 Å². The van der Waals surface area contributed by atoms with Crippen LogP contribution in [0.5, 0.6) is 0 Å². The number of rotatable bonds is 6. The standard InChI is InChI=1S/C12H20ClN5/c1-3-7-14-10-16-9(13)17-11(18-10)15-8-12(2)5-4-6-12/h3-8H2,1-2H3,(H2,14,15,16,17,18). The average Bonchev–Trinajstić information content (AvgIpc) is 2.31. The van der Waals surface area contributed by atoms with Gasteiger partial charge in [0.1, 0.15) is 0 Å². The van der Waals surface area contributed by atoms with Crippen LogP contribution >= 0.6 is 11.6 Å². The summed E-state index contributed by atoms with van der Waals surface area (Å²) in [7, 11) is 0. The third-order valence-electron chi connectivity index (χ3n) is 3.38. The maximum atomic E-state index is 5.88. The molecule has 1 aliphatic rings. The fraction of sp³-hybridized carbons (Fsp3) is 0.750. The second-order valence-corrected chi connectivity index (χ2v) is 5.53. The van der Waals surface area contributed by atoms with E-state index in [1.807, 2.05) is 0 Å². The van der Waals surface area contributed by atoms with Crippen LogP contribution in [0.4, 0.5) is 11.9 Å². The lowest BCUT2D eigenvalue weighted by molar-refractivity contribution is 0.179. The van der Waals surface area contributed by atoms with E-state index in [0.717, 1.165) is 19.5 Å². The molecule has 0 saturated heterocycles. The number of hydrogen-bond donors (Lipinski definition) is 2. The average molecular weight is 270 g/mol. The Morgan fingerprint density at radius 2 is 1.83 bits per heavy atom. The van der Waals surface area contributed by atoms with E-state index in [0.29, 0.717) is 17.3 Å². The molecule has 0 aliphatic heterocycles. The Kier molecular flexibility index (Phi) is 4.22. The van der Waals surface area contributed by atoms with Gasteiger partial charge in [0.05, 0.1) is 0 Å². The van der Waals surface area contributed by atoms with E-state index in [-0.39, 0.29) is 5.28 Å². The van der Waals surface area contributed by atoms with Crippen molar-refractivity contribution >= 4 is 23.5 Å². The first-order chi connectivity index (χ1) is 8.61. The van der Waals surface area contributed by atoms with Crippen molar-refractivity contribution in [2.45, 2.75) is 39.5 Å². The fourth-order valence-electron chi connectivity index (χ4n) is 1.99. The van der Waals surface area contributed by atoms with Gasteiger partial charge in [-0.05, 0) is 36.3 Å². The molecule has 100 valence electrons. The van der Waals surface area contributed by atoms with Crippen molar-refractivity contribution in [2.75, 3.05) is 23.7 Å². The predicted octanol–water partition coefficient (Wildman–Crippen LogP) is 2.95. The summed E-state index contributed by atoms with van der Waals surface area (Å²) in [6, 6.07) is 0. The summed E-state index contributed by atoms with van der Waals surface area (Å²) in [5.74, 6) is 1.10. The van der Waals surface area contributed by atoms with Gasteiger partial charge in [0.25, 0.3) is 0 Å². The van der Waals surface area contributed by atoms with Crippen LogP contribution < -0.4 is 10.6 Å². The Labute approximate surface area is 113 Å². The second-order valence-electron chi connectivity index (χ2n) is 5.20. The van der Waals surface area contributed by atoms with Gasteiger partial charge in [-0.3, -0.25) is 0 Å². The van der Waals surface area contributed by atoms with Crippen molar-refractivity contribution in [1.82, 2.24) is 15.0 Å². The van der Waals surface area contributed by atoms with E-state index in [4.69, 9.17) is 11.6 Å². The molecule has 0 unspecified atom stereocenters. The third-order valence-corrected chi connectivity index (χ3v) is 3.54. The van der Waals surface area contributed by atoms with Gasteiger partial charge in [-0.15, -0.1) is 0 Å². The van der Waals surface area contributed by atoms with Crippen LogP contribution in [0.25, 0.3) is 0 Å². The summed E-state index contributed by atoms with van der Waals surface area (Å²) in [4.78, 5) is 12.4. The summed E-state index contributed by atoms with van der Waals surface area (Å²) in [5.41, 5.74) is 0.385. The highest BCUT2D eigenvalue weighted by Crippen LogP contribution is 2.39. The molecule has 0 aromatic carbocycles. The molecule has 6 heteroatoms. The first-order valence-electron chi connectivity index (χ1n) is 6.51. The van der Waals surface area contributed by atoms with Crippen LogP contribution in [0.3, 0.4) is 0 Å². The molecule has 5 nitrogen and oxygen atoms in total. The van der Waals surface area contributed by atoms with Gasteiger partial charge >= 0.3 is 0 Å². The van der Waals surface area contributed by atoms with Crippen molar-refractivity contribution < 1.29 is 0 Å². The molecule has 18 heavy (non-hydrogen) atoms. The zero-order valence-corrected chi connectivity index (χ0v) is 11.7. The van der Waals surface area contributed by atoms with Crippen molar-refractivity contribution in [2.24, 2.45) is 5.41 Å². The molecule has 0 amide bonds. The summed E-state index contributed by atoms with van der Waals surface area (Å²) >= 11 is 5.88. The zero-order valence-electron chi connectivity index (χ0n) is 11.0. The van der Waals surface area contributed by atoms with Crippen molar-refractivity contribution in [1.29, 1.82) is 0 Å². The van der Waals surface area contributed by atoms with Gasteiger partial charge in [0.15, 0.2) is 0 Å². The van der Waals surface area contributed by atoms with E-state index in [2.05, 4.69) is 39.4 Å². The topological polar surface area (TPSA) is 62.7 Å². The van der Waals surface area contributed by atoms with Gasteiger partial charge in [-0.2, -0.15) is 15.0 Å². The molecule has 0 atom stereocenters. The number of nitrogens with zero attached hydrogens (tertiary/aromatic N) is 3. The minimum Gasteiger partial charge on any atom is -0.354 e. The molecular weight excluding hydrogens is 250 g/mol. The molecule has 0 spiro atoms. The Bertz CT molecular complexity index is 405. The first kappa shape index (κ1) is 13.3. The molecule has 1 fully saturated rings. The molecule has 1 aliphatic carbocycles. The number of halogens is 1. The normalized spacial score (nSPS) is 17.1. The highest BCUT2D eigenvalue weighted by Gasteiger charge is 2.31. The predicted molar refractivity (Wildman–Crippen MR) is 74.1 cm³/mol. The van der Waals surface area contributed by atoms with Crippen LogP contribution in [0.15, 0.2) is 0 Å². The Morgan fingerprint density at radius 1 is 1.17 bits per heavy atom. The van der Waals surface area contributed by atoms with E-state index >= 15 is 0 Å². The smallest absolute Gasteiger partial charge is 0.228 e. The highest BCUT2D eigenvalue weighted by atomic mass is 35.5. The lowest BCUT2D eigenvalue weighted by Crippen LogP contribution is -2.33. The number of nitrogens with one attached hydrogen (secondary N) is 2. The van der Waals surface area contributed by atoms with E-state index in [9.17, 15) is 0 Å². The summed E-state index contributed by atoms with van der Waals surface area (Å²) in [6.45, 7) is 6.09. The molecule has 1 heterocycles. The summed E-state index contributed by atoms with van der Waals surface area (Å²) < 4.78 is 0. The molecule has 2 rings (SSSR count). The third kappa shape index (κ3) is 3.45. The van der Waals surface area contributed by atoms with Gasteiger partial charge < -0.3 is 10.6 Å². The number of anilines is 2. The Morgan fingerprint density at radius 3 is 2.39 bits per heavy atom. The van der Waals surface area contributed by atoms with E-state index in [1.54, 1.807) is 0 Å². The van der Waals surface area contributed by atoms with Crippen molar-refractivity contribution in [3.05, 3.63) is 5.28 Å². The Balaban J connectivity index is 1.96. The number of aromatic nitrogens is 3. The van der Waals surface area contributed by atoms with Crippen molar-refractivity contribution in [3.8, 4) is 0 Å². The lowest BCUT2D eigenvalue weighted by atomic mass is 9.70. The quantitative estimate of drug-likeness (QED) is 0.831. The monoisotopic (exact) mass is 269 g/mol. The SMILES string of the molecule is CCCNc1nc(Cl)nc(NCC2(C)CCC2)n1. The zero-order chi connectivity index (χ0) is 13.0. The maximum absolute atomic E-state index is 5.88. The van der Waals surface area contributed by atoms with Gasteiger partial charge in [0, 0.05) is 13.1 Å². The summed E-state index contributed by atoms with van der Waals surface area (Å²) in [5, 5.41) is 6.60. The molecule has 2 N–H and O–H groups in total. The van der Waals surface area contributed by atoms with Crippen LogP contribution in [0, 0.1) is 5.41 Å². The summed E-state index contributed by atoms with van der Waals surface area (Å²) in [6.07, 6.45) is 4.86. The molecule has 1 aromatic heterocycles. The molecule has 0 bridgehead atoms. The van der Waals surface area contributed by atoms with Gasteiger partial charge in [-0.25, -0.2) is 0 Å². The highest BCUT2D eigenvalue weighted by molar-refractivity contribution is 6.28. The van der Waals surface area contributed by atoms with Gasteiger partial charge in [-0.1, -0.05) is 20.3 Å². The van der Waals surface area contributed by atoms with Crippen molar-refractivity contribution in [3.63, 3.8) is 0 Å². The largest absolute Gasteiger partial charge is 0.354 e. The fourth-order valence-corrected chi connectivity index (χ4v) is 2.15. The van der Waals surface area contributed by atoms with Crippen LogP contribution in [0.1, 0.15) is 39.5 Å². The second kappa shape index (κ2) is 5.69. The van der Waals surface area contributed by atoms with Gasteiger partial charge in [0.2, 0.25) is 17.2 Å². The minimum atomic E-state index is 0.227. The molecular formula is C12H20ClN5.